The summed E-state index contributed by atoms with van der Waals surface area (Å²) in [6.45, 7) is 0. The number of hydrogen-bond donors (Lipinski definition) is 0. The number of aromatic nitrogens is 2. The number of pyridine rings is 1. The van der Waals surface area contributed by atoms with Crippen LogP contribution in [0.1, 0.15) is 0 Å². The van der Waals surface area contributed by atoms with Gasteiger partial charge in [0.1, 0.15) is 0 Å². The molecule has 268 valence electrons. The third-order valence-corrected chi connectivity index (χ3v) is 12.3. The van der Waals surface area contributed by atoms with Gasteiger partial charge in [-0.3, -0.25) is 0 Å². The van der Waals surface area contributed by atoms with Gasteiger partial charge in [-0.1, -0.05) is 133 Å². The smallest absolute Gasteiger partial charge is 0.210 e. The second kappa shape index (κ2) is 13.8. The lowest BCUT2D eigenvalue weighted by molar-refractivity contribution is -0.594. The molecule has 0 amide bonds. The maximum absolute atomic E-state index is 2.44. The van der Waals surface area contributed by atoms with Crippen molar-refractivity contribution in [3.8, 4) is 33.6 Å². The third-order valence-electron chi connectivity index (χ3n) is 11.1. The van der Waals surface area contributed by atoms with E-state index in [1.54, 1.807) is 0 Å². The summed E-state index contributed by atoms with van der Waals surface area (Å²) >= 11 is 1.87. The Kier molecular flexibility index (Phi) is 8.01. The third kappa shape index (κ3) is 5.78. The minimum atomic E-state index is 1.09. The summed E-state index contributed by atoms with van der Waals surface area (Å²) in [5, 5.41) is 5.07. The van der Waals surface area contributed by atoms with Gasteiger partial charge in [0.15, 0.2) is 12.4 Å². The van der Waals surface area contributed by atoms with Crippen molar-refractivity contribution in [3.63, 3.8) is 0 Å². The number of thiophene rings is 1. The Morgan fingerprint density at radius 1 is 0.386 bits per heavy atom. The summed E-state index contributed by atoms with van der Waals surface area (Å²) in [4.78, 5) is 2.34. The van der Waals surface area contributed by atoms with Gasteiger partial charge in [0.05, 0.1) is 26.8 Å². The summed E-state index contributed by atoms with van der Waals surface area (Å²) in [5.74, 6) is 0. The van der Waals surface area contributed by atoms with Crippen LogP contribution >= 0.6 is 11.3 Å². The van der Waals surface area contributed by atoms with Crippen molar-refractivity contribution in [1.29, 1.82) is 0 Å². The number of hydrogen-bond acceptors (Lipinski definition) is 2. The average molecular weight is 747 g/mol. The number of anilines is 3. The highest BCUT2D eigenvalue weighted by atomic mass is 32.1. The van der Waals surface area contributed by atoms with Gasteiger partial charge in [-0.05, 0) is 76.9 Å². The van der Waals surface area contributed by atoms with Crippen LogP contribution in [0.4, 0.5) is 17.1 Å². The van der Waals surface area contributed by atoms with E-state index in [1.807, 2.05) is 11.3 Å². The highest BCUT2D eigenvalue weighted by molar-refractivity contribution is 7.26. The van der Waals surface area contributed by atoms with E-state index in [1.165, 1.54) is 69.9 Å². The molecule has 0 spiro atoms. The summed E-state index contributed by atoms with van der Waals surface area (Å²) in [7, 11) is 0. The highest BCUT2D eigenvalue weighted by Crippen LogP contribution is 2.41. The molecule has 0 aliphatic carbocycles. The van der Waals surface area contributed by atoms with E-state index in [2.05, 4.69) is 233 Å². The molecule has 3 aromatic heterocycles. The number of nitrogens with zero attached hydrogens (tertiary/aromatic N) is 3. The maximum atomic E-state index is 2.44. The minimum absolute atomic E-state index is 1.09. The fraction of sp³-hybridized carbons (Fsp3) is 0. The molecule has 57 heavy (non-hydrogen) atoms. The summed E-state index contributed by atoms with van der Waals surface area (Å²) in [6, 6.07) is 74.3. The van der Waals surface area contributed by atoms with Gasteiger partial charge in [0.2, 0.25) is 5.69 Å². The van der Waals surface area contributed by atoms with Gasteiger partial charge < -0.3 is 9.47 Å². The first-order chi connectivity index (χ1) is 28.3. The van der Waals surface area contributed by atoms with Crippen molar-refractivity contribution >= 4 is 70.4 Å². The zero-order chi connectivity index (χ0) is 37.7. The molecular formula is C53H36N3S+. The number of para-hydroxylation sites is 1. The van der Waals surface area contributed by atoms with E-state index in [4.69, 9.17) is 0 Å². The number of benzene rings is 8. The van der Waals surface area contributed by atoms with E-state index in [-0.39, 0.29) is 0 Å². The van der Waals surface area contributed by atoms with E-state index in [9.17, 15) is 0 Å². The molecule has 8 aromatic carbocycles. The Morgan fingerprint density at radius 3 is 1.54 bits per heavy atom. The van der Waals surface area contributed by atoms with Crippen LogP contribution in [0, 0.1) is 0 Å². The highest BCUT2D eigenvalue weighted by Gasteiger charge is 2.20. The minimum Gasteiger partial charge on any atom is -0.310 e. The lowest BCUT2D eigenvalue weighted by Gasteiger charge is -2.26. The van der Waals surface area contributed by atoms with Crippen molar-refractivity contribution in [2.75, 3.05) is 4.90 Å². The number of rotatable bonds is 7. The van der Waals surface area contributed by atoms with Crippen molar-refractivity contribution < 1.29 is 4.57 Å². The predicted octanol–water partition coefficient (Wildman–Crippen LogP) is 14.2. The fourth-order valence-corrected chi connectivity index (χ4v) is 9.54. The molecule has 0 aliphatic rings. The molecule has 3 nitrogen and oxygen atoms in total. The SMILES string of the molecule is c1ccc(-c2ccc(N(c3ccc(-c4ccccc4)cc3)c3ccc(-[n+]4ccc5c(c4)c4ccccc4n5-c4cccc5c4sc4ccccc45)cc3)cc2)cc1. The quantitative estimate of drug-likeness (QED) is 0.148. The molecule has 0 aliphatic heterocycles. The monoisotopic (exact) mass is 746 g/mol. The summed E-state index contributed by atoms with van der Waals surface area (Å²) in [5.41, 5.74) is 12.8. The van der Waals surface area contributed by atoms with Crippen LogP contribution in [-0.4, -0.2) is 4.57 Å². The Hall–Kier alpha value is -7.27. The van der Waals surface area contributed by atoms with E-state index < -0.39 is 0 Å². The molecule has 4 heteroatoms. The Labute approximate surface area is 335 Å². The molecule has 0 bridgehead atoms. The average Bonchev–Trinajstić information content (AvgIpc) is 3.84. The molecule has 0 saturated carbocycles. The van der Waals surface area contributed by atoms with Crippen LogP contribution in [0.5, 0.6) is 0 Å². The second-order valence-electron chi connectivity index (χ2n) is 14.4. The molecule has 0 radical (unpaired) electrons. The Bertz CT molecular complexity index is 3120. The molecule has 11 rings (SSSR count). The Balaban J connectivity index is 0.989. The molecule has 11 aromatic rings. The van der Waals surface area contributed by atoms with Gasteiger partial charge in [0, 0.05) is 56.1 Å². The van der Waals surface area contributed by atoms with Crippen molar-refractivity contribution in [3.05, 3.63) is 219 Å². The van der Waals surface area contributed by atoms with E-state index >= 15 is 0 Å². The molecule has 0 fully saturated rings. The topological polar surface area (TPSA) is 12.1 Å². The van der Waals surface area contributed by atoms with Crippen molar-refractivity contribution in [2.45, 2.75) is 0 Å². The van der Waals surface area contributed by atoms with Crippen molar-refractivity contribution in [2.24, 2.45) is 0 Å². The first kappa shape index (κ1) is 33.1. The Morgan fingerprint density at radius 2 is 0.895 bits per heavy atom. The number of fused-ring (bicyclic) bond motifs is 6. The molecule has 0 saturated heterocycles. The van der Waals surface area contributed by atoms with Crippen LogP contribution in [-0.2, 0) is 0 Å². The largest absolute Gasteiger partial charge is 0.310 e. The fourth-order valence-electron chi connectivity index (χ4n) is 8.33. The molecule has 0 unspecified atom stereocenters. The van der Waals surface area contributed by atoms with E-state index in [0.717, 1.165) is 22.7 Å². The maximum Gasteiger partial charge on any atom is 0.210 e. The molecule has 3 heterocycles. The van der Waals surface area contributed by atoms with Gasteiger partial charge in [-0.15, -0.1) is 11.3 Å². The molecular weight excluding hydrogens is 711 g/mol. The standard InChI is InChI=1S/C53H36N3S/c1-3-12-37(13-4-1)39-22-26-42(27-23-39)55(43-28-24-40(25-29-43)38-14-5-2-6-15-38)44-32-30-41(31-33-44)54-35-34-50-48(36-54)45-16-7-9-19-49(45)56(50)51-20-11-18-47-46-17-8-10-21-52(46)57-53(47)51/h1-36H/q+1. The van der Waals surface area contributed by atoms with Crippen LogP contribution < -0.4 is 9.47 Å². The zero-order valence-electron chi connectivity index (χ0n) is 31.0. The first-order valence-electron chi connectivity index (χ1n) is 19.3. The van der Waals surface area contributed by atoms with Gasteiger partial charge in [-0.2, -0.15) is 4.57 Å². The molecule has 0 atom stereocenters. The normalized spacial score (nSPS) is 11.5. The molecule has 0 N–H and O–H groups in total. The second-order valence-corrected chi connectivity index (χ2v) is 15.5. The van der Waals surface area contributed by atoms with Crippen LogP contribution in [0.25, 0.3) is 75.6 Å². The predicted molar refractivity (Wildman–Crippen MR) is 241 cm³/mol. The lowest BCUT2D eigenvalue weighted by atomic mass is 10.0. The van der Waals surface area contributed by atoms with E-state index in [0.29, 0.717) is 0 Å². The van der Waals surface area contributed by atoms with Crippen LogP contribution in [0.15, 0.2) is 219 Å². The van der Waals surface area contributed by atoms with Crippen LogP contribution in [0.3, 0.4) is 0 Å². The van der Waals surface area contributed by atoms with Crippen molar-refractivity contribution in [1.82, 2.24) is 4.57 Å². The summed E-state index contributed by atoms with van der Waals surface area (Å²) in [6.07, 6.45) is 4.48. The first-order valence-corrected chi connectivity index (χ1v) is 20.2. The van der Waals surface area contributed by atoms with Gasteiger partial charge in [-0.25, -0.2) is 0 Å². The van der Waals surface area contributed by atoms with Gasteiger partial charge >= 0.3 is 0 Å². The summed E-state index contributed by atoms with van der Waals surface area (Å²) < 4.78 is 7.31. The lowest BCUT2D eigenvalue weighted by Crippen LogP contribution is -2.29. The zero-order valence-corrected chi connectivity index (χ0v) is 31.9. The van der Waals surface area contributed by atoms with Crippen LogP contribution in [0.2, 0.25) is 0 Å². The van der Waals surface area contributed by atoms with Gasteiger partial charge in [0.25, 0.3) is 0 Å².